The van der Waals surface area contributed by atoms with E-state index in [2.05, 4.69) is 0 Å². The molecule has 0 saturated heterocycles. The van der Waals surface area contributed by atoms with Crippen LogP contribution in [0.4, 0.5) is 0 Å². The van der Waals surface area contributed by atoms with Crippen molar-refractivity contribution in [3.05, 3.63) is 0 Å². The summed E-state index contributed by atoms with van der Waals surface area (Å²) < 4.78 is 45.7. The van der Waals surface area contributed by atoms with Gasteiger partial charge in [-0.05, 0) is 27.7 Å². The molecule has 0 aromatic heterocycles. The van der Waals surface area contributed by atoms with Crippen molar-refractivity contribution in [2.24, 2.45) is 0 Å². The summed E-state index contributed by atoms with van der Waals surface area (Å²) in [6, 6.07) is 0. The monoisotopic (exact) mass is 364 g/mol. The Labute approximate surface area is 130 Å². The molecule has 0 aromatic rings. The Morgan fingerprint density at radius 3 is 1.24 bits per heavy atom. The Kier molecular flexibility index (Phi) is 12.8. The lowest BCUT2D eigenvalue weighted by Gasteiger charge is -2.33. The third-order valence-corrected chi connectivity index (χ3v) is 10.5. The molecule has 0 saturated carbocycles. The highest BCUT2D eigenvalue weighted by atomic mass is 31.3. The molecule has 0 rings (SSSR count). The summed E-state index contributed by atoms with van der Waals surface area (Å²) in [6.45, 7) is 9.10. The fourth-order valence-corrected chi connectivity index (χ4v) is 8.84. The Morgan fingerprint density at radius 2 is 1.05 bits per heavy atom. The molecule has 0 fully saturated rings. The molecule has 21 heavy (non-hydrogen) atoms. The minimum Gasteiger partial charge on any atom is -0.333 e. The average Bonchev–Trinajstić information content (AvgIpc) is 2.48. The fourth-order valence-electron chi connectivity index (χ4n) is 1.42. The van der Waals surface area contributed by atoms with Gasteiger partial charge in [-0.2, -0.15) is 0 Å². The summed E-state index contributed by atoms with van der Waals surface area (Å²) in [6.07, 6.45) is 0. The van der Waals surface area contributed by atoms with Gasteiger partial charge in [0.05, 0.1) is 26.4 Å². The van der Waals surface area contributed by atoms with E-state index in [0.29, 0.717) is 26.4 Å². The van der Waals surface area contributed by atoms with Crippen molar-refractivity contribution < 1.29 is 31.7 Å². The summed E-state index contributed by atoms with van der Waals surface area (Å²) in [5.41, 5.74) is 0. The maximum absolute atomic E-state index is 12.9. The molecule has 0 aliphatic rings. The van der Waals surface area contributed by atoms with E-state index in [1.807, 2.05) is 27.7 Å². The van der Waals surface area contributed by atoms with E-state index >= 15 is 0 Å². The molecule has 128 valence electrons. The van der Waals surface area contributed by atoms with Crippen LogP contribution in [0.25, 0.3) is 0 Å². The lowest BCUT2D eigenvalue weighted by atomic mass is 10.9. The Morgan fingerprint density at radius 1 is 0.762 bits per heavy atom. The van der Waals surface area contributed by atoms with E-state index in [1.54, 1.807) is 0 Å². The SMILES string of the molecule is CCOP(OCC)C(P(OCC)OCC)P(=O)(OC)OC. The summed E-state index contributed by atoms with van der Waals surface area (Å²) in [4.78, 5) is 0. The van der Waals surface area contributed by atoms with Gasteiger partial charge in [-0.1, -0.05) is 0 Å². The summed E-state index contributed by atoms with van der Waals surface area (Å²) in [5, 5.41) is -0.711. The van der Waals surface area contributed by atoms with E-state index in [0.717, 1.165) is 0 Å². The van der Waals surface area contributed by atoms with Crippen molar-refractivity contribution in [1.29, 1.82) is 0 Å². The van der Waals surface area contributed by atoms with E-state index in [-0.39, 0.29) is 0 Å². The molecule has 0 aliphatic carbocycles. The van der Waals surface area contributed by atoms with Gasteiger partial charge in [-0.3, -0.25) is 4.57 Å². The Balaban J connectivity index is 5.52. The van der Waals surface area contributed by atoms with Gasteiger partial charge in [0.2, 0.25) is 0 Å². The van der Waals surface area contributed by atoms with Gasteiger partial charge in [0.15, 0.2) is 21.9 Å². The number of hydrogen-bond donors (Lipinski definition) is 0. The van der Waals surface area contributed by atoms with Crippen molar-refractivity contribution >= 4 is 24.3 Å². The number of hydrogen-bond acceptors (Lipinski definition) is 7. The van der Waals surface area contributed by atoms with Crippen LogP contribution in [0, 0.1) is 0 Å². The van der Waals surface area contributed by atoms with Crippen LogP contribution >= 0.6 is 24.3 Å². The second-order valence-electron chi connectivity index (χ2n) is 3.49. The molecule has 0 amide bonds. The van der Waals surface area contributed by atoms with Gasteiger partial charge in [0.1, 0.15) is 0 Å². The molecule has 7 nitrogen and oxygen atoms in total. The van der Waals surface area contributed by atoms with Crippen LogP contribution in [-0.4, -0.2) is 45.8 Å². The van der Waals surface area contributed by atoms with Crippen LogP contribution < -0.4 is 0 Å². The second kappa shape index (κ2) is 12.3. The molecule has 0 bridgehead atoms. The molecule has 0 atom stereocenters. The molecule has 0 aromatic carbocycles. The Hall–Kier alpha value is 0.850. The van der Waals surface area contributed by atoms with Gasteiger partial charge in [0, 0.05) is 14.2 Å². The van der Waals surface area contributed by atoms with E-state index in [9.17, 15) is 4.57 Å². The second-order valence-corrected chi connectivity index (χ2v) is 10.2. The molecular weight excluding hydrogens is 337 g/mol. The number of rotatable bonds is 13. The zero-order valence-electron chi connectivity index (χ0n) is 13.6. The topological polar surface area (TPSA) is 72.5 Å². The highest BCUT2D eigenvalue weighted by Gasteiger charge is 2.50. The molecule has 0 unspecified atom stereocenters. The van der Waals surface area contributed by atoms with Crippen LogP contribution in [-0.2, 0) is 31.7 Å². The molecule has 0 aliphatic heterocycles. The maximum atomic E-state index is 12.9. The molecule has 0 spiro atoms. The first-order valence-electron chi connectivity index (χ1n) is 6.85. The Bertz CT molecular complexity index is 270. The van der Waals surface area contributed by atoms with E-state index < -0.39 is 29.5 Å². The molecule has 10 heteroatoms. The molecule has 0 radical (unpaired) electrons. The van der Waals surface area contributed by atoms with Crippen molar-refractivity contribution in [3.8, 4) is 0 Å². The van der Waals surface area contributed by atoms with Crippen LogP contribution in [0.2, 0.25) is 0 Å². The predicted octanol–water partition coefficient (Wildman–Crippen LogP) is 4.53. The molecular formula is C11H27O7P3. The zero-order valence-corrected chi connectivity index (χ0v) is 16.3. The van der Waals surface area contributed by atoms with Crippen LogP contribution in [0.1, 0.15) is 27.7 Å². The quantitative estimate of drug-likeness (QED) is 0.445. The van der Waals surface area contributed by atoms with E-state index in [4.69, 9.17) is 27.1 Å². The van der Waals surface area contributed by atoms with Gasteiger partial charge < -0.3 is 27.1 Å². The van der Waals surface area contributed by atoms with Crippen LogP contribution in [0.3, 0.4) is 0 Å². The standard InChI is InChI=1S/C11H27O7P3/c1-7-15-19(16-8-2)11(21(12,13-5)14-6)20(17-9-3)18-10-4/h11H,7-10H2,1-6H3. The minimum absolute atomic E-state index is 0.428. The van der Waals surface area contributed by atoms with Crippen LogP contribution in [0.15, 0.2) is 0 Å². The average molecular weight is 364 g/mol. The van der Waals surface area contributed by atoms with Gasteiger partial charge >= 0.3 is 7.60 Å². The molecule has 0 N–H and O–H groups in total. The molecule has 0 heterocycles. The summed E-state index contributed by atoms with van der Waals surface area (Å²) >= 11 is 0. The van der Waals surface area contributed by atoms with Gasteiger partial charge in [-0.25, -0.2) is 0 Å². The van der Waals surface area contributed by atoms with Gasteiger partial charge in [-0.15, -0.1) is 0 Å². The maximum Gasteiger partial charge on any atom is 0.351 e. The van der Waals surface area contributed by atoms with Crippen molar-refractivity contribution in [1.82, 2.24) is 0 Å². The summed E-state index contributed by atoms with van der Waals surface area (Å²) in [5.74, 6) is 0. The lowest BCUT2D eigenvalue weighted by molar-refractivity contribution is 0.239. The van der Waals surface area contributed by atoms with Gasteiger partial charge in [0.25, 0.3) is 0 Å². The largest absolute Gasteiger partial charge is 0.351 e. The lowest BCUT2D eigenvalue weighted by Crippen LogP contribution is -2.14. The van der Waals surface area contributed by atoms with E-state index in [1.165, 1.54) is 14.2 Å². The van der Waals surface area contributed by atoms with Crippen molar-refractivity contribution in [2.45, 2.75) is 32.8 Å². The normalized spacial score (nSPS) is 12.8. The van der Waals surface area contributed by atoms with Crippen molar-refractivity contribution in [3.63, 3.8) is 0 Å². The van der Waals surface area contributed by atoms with Crippen LogP contribution in [0.5, 0.6) is 0 Å². The first-order chi connectivity index (χ1) is 10.0. The fraction of sp³-hybridized carbons (Fsp3) is 1.00. The highest BCUT2D eigenvalue weighted by molar-refractivity contribution is 7.84. The zero-order chi connectivity index (χ0) is 16.3. The predicted molar refractivity (Wildman–Crippen MR) is 85.8 cm³/mol. The highest BCUT2D eigenvalue weighted by Crippen LogP contribution is 2.76. The first-order valence-corrected chi connectivity index (χ1v) is 11.0. The third kappa shape index (κ3) is 6.87. The minimum atomic E-state index is -3.46. The smallest absolute Gasteiger partial charge is 0.333 e. The third-order valence-electron chi connectivity index (χ3n) is 2.19. The first kappa shape index (κ1) is 21.9. The summed E-state index contributed by atoms with van der Waals surface area (Å²) in [7, 11) is -3.82. The van der Waals surface area contributed by atoms with Crippen molar-refractivity contribution in [2.75, 3.05) is 40.6 Å².